The molecule has 2 N–H and O–H groups in total. The van der Waals surface area contributed by atoms with Crippen LogP contribution in [0.4, 0.5) is 5.69 Å². The summed E-state index contributed by atoms with van der Waals surface area (Å²) < 4.78 is 39.5. The van der Waals surface area contributed by atoms with Gasteiger partial charge in [-0.25, -0.2) is 18.2 Å². The van der Waals surface area contributed by atoms with Gasteiger partial charge in [0.2, 0.25) is 0 Å². The van der Waals surface area contributed by atoms with Crippen LogP contribution in [0.3, 0.4) is 0 Å². The Hall–Kier alpha value is -3.70. The number of hydrogen-bond acceptors (Lipinski definition) is 8. The Bertz CT molecular complexity index is 1720. The van der Waals surface area contributed by atoms with Crippen LogP contribution in [0.1, 0.15) is 58.6 Å². The first-order valence-corrected chi connectivity index (χ1v) is 14.9. The van der Waals surface area contributed by atoms with Crippen molar-refractivity contribution in [2.75, 3.05) is 11.8 Å². The molecule has 0 amide bonds. The summed E-state index contributed by atoms with van der Waals surface area (Å²) in [6.45, 7) is 5.47. The largest absolute Gasteiger partial charge is 0.497 e. The molecular weight excluding hydrogens is 538 g/mol. The van der Waals surface area contributed by atoms with Gasteiger partial charge in [0.05, 0.1) is 23.0 Å². The SMILES string of the molecule is COc1ccc(NS(=O)(=O)c2cc(C(=O)OC(C)c3nc4sc5c(c4c(=O)[nH]3)CCC(C)C5)ccc2C)cc1. The zero-order chi connectivity index (χ0) is 27.9. The number of carbonyl (C=O) groups excluding carboxylic acids is 1. The number of methoxy groups -OCH3 is 1. The predicted molar refractivity (Wildman–Crippen MR) is 150 cm³/mol. The highest BCUT2D eigenvalue weighted by Gasteiger charge is 2.25. The summed E-state index contributed by atoms with van der Waals surface area (Å²) >= 11 is 1.52. The molecule has 9 nitrogen and oxygen atoms in total. The maximum atomic E-state index is 13.1. The molecule has 5 rings (SSSR count). The summed E-state index contributed by atoms with van der Waals surface area (Å²) in [5.74, 6) is 0.675. The highest BCUT2D eigenvalue weighted by molar-refractivity contribution is 7.92. The number of aryl methyl sites for hydroxylation is 2. The van der Waals surface area contributed by atoms with E-state index in [9.17, 15) is 18.0 Å². The average molecular weight is 568 g/mol. The molecule has 2 atom stereocenters. The minimum Gasteiger partial charge on any atom is -0.497 e. The zero-order valence-corrected chi connectivity index (χ0v) is 23.7. The van der Waals surface area contributed by atoms with Gasteiger partial charge in [-0.05, 0) is 86.6 Å². The number of benzene rings is 2. The fraction of sp³-hybridized carbons (Fsp3) is 0.321. The van der Waals surface area contributed by atoms with Crippen molar-refractivity contribution in [3.05, 3.63) is 80.2 Å². The van der Waals surface area contributed by atoms with Crippen molar-refractivity contribution in [1.82, 2.24) is 9.97 Å². The molecule has 0 fully saturated rings. The smallest absolute Gasteiger partial charge is 0.338 e. The number of nitrogens with zero attached hydrogens (tertiary/aromatic N) is 1. The number of nitrogens with one attached hydrogen (secondary N) is 2. The number of sulfonamides is 1. The summed E-state index contributed by atoms with van der Waals surface area (Å²) in [5, 5.41) is 0.627. The Kier molecular flexibility index (Phi) is 7.21. The third-order valence-corrected chi connectivity index (χ3v) is 9.58. The van der Waals surface area contributed by atoms with Crippen LogP contribution in [0.15, 0.2) is 52.2 Å². The molecule has 1 aliphatic rings. The van der Waals surface area contributed by atoms with Crippen molar-refractivity contribution in [3.8, 4) is 5.75 Å². The van der Waals surface area contributed by atoms with Gasteiger partial charge in [-0.3, -0.25) is 9.52 Å². The van der Waals surface area contributed by atoms with E-state index in [1.165, 1.54) is 35.5 Å². The summed E-state index contributed by atoms with van der Waals surface area (Å²) in [6.07, 6.45) is 1.97. The highest BCUT2D eigenvalue weighted by Crippen LogP contribution is 2.36. The summed E-state index contributed by atoms with van der Waals surface area (Å²) in [6, 6.07) is 10.8. The number of anilines is 1. The summed E-state index contributed by atoms with van der Waals surface area (Å²) in [5.41, 5.74) is 1.72. The van der Waals surface area contributed by atoms with E-state index in [1.807, 2.05) is 0 Å². The van der Waals surface area contributed by atoms with E-state index in [4.69, 9.17) is 9.47 Å². The van der Waals surface area contributed by atoms with Crippen molar-refractivity contribution in [2.24, 2.45) is 5.92 Å². The first kappa shape index (κ1) is 26.9. The van der Waals surface area contributed by atoms with Crippen LogP contribution < -0.4 is 15.0 Å². The van der Waals surface area contributed by atoms with Crippen molar-refractivity contribution in [3.63, 3.8) is 0 Å². The van der Waals surface area contributed by atoms with Crippen molar-refractivity contribution in [1.29, 1.82) is 0 Å². The Morgan fingerprint density at radius 3 is 2.67 bits per heavy atom. The van der Waals surface area contributed by atoms with Gasteiger partial charge in [-0.2, -0.15) is 0 Å². The lowest BCUT2D eigenvalue weighted by Gasteiger charge is -2.17. The number of fused-ring (bicyclic) bond motifs is 3. The van der Waals surface area contributed by atoms with E-state index in [-0.39, 0.29) is 21.8 Å². The molecule has 11 heteroatoms. The van der Waals surface area contributed by atoms with E-state index in [2.05, 4.69) is 21.6 Å². The topological polar surface area (TPSA) is 127 Å². The molecule has 204 valence electrons. The normalized spacial score (nSPS) is 15.9. The third kappa shape index (κ3) is 5.41. The molecule has 2 aromatic heterocycles. The molecule has 0 aliphatic heterocycles. The predicted octanol–water partition coefficient (Wildman–Crippen LogP) is 5.15. The molecule has 0 spiro atoms. The molecule has 2 aromatic carbocycles. The lowest BCUT2D eigenvalue weighted by atomic mass is 9.89. The number of aromatic nitrogens is 2. The van der Waals surface area contributed by atoms with Crippen LogP contribution in [0, 0.1) is 12.8 Å². The van der Waals surface area contributed by atoms with Gasteiger partial charge in [-0.15, -0.1) is 11.3 Å². The fourth-order valence-corrected chi connectivity index (χ4v) is 7.45. The molecule has 39 heavy (non-hydrogen) atoms. The van der Waals surface area contributed by atoms with Crippen molar-refractivity contribution >= 4 is 43.2 Å². The minimum absolute atomic E-state index is 0.0493. The fourth-order valence-electron chi connectivity index (χ4n) is 4.73. The number of thiophene rings is 1. The van der Waals surface area contributed by atoms with Crippen LogP contribution in [-0.2, 0) is 27.6 Å². The molecule has 4 aromatic rings. The zero-order valence-electron chi connectivity index (χ0n) is 22.0. The molecule has 2 heterocycles. The number of hydrogen-bond donors (Lipinski definition) is 2. The minimum atomic E-state index is -3.99. The maximum Gasteiger partial charge on any atom is 0.338 e. The van der Waals surface area contributed by atoms with Crippen molar-refractivity contribution < 1.29 is 22.7 Å². The van der Waals surface area contributed by atoms with E-state index in [1.54, 1.807) is 44.2 Å². The van der Waals surface area contributed by atoms with Gasteiger partial charge < -0.3 is 14.5 Å². The van der Waals surface area contributed by atoms with Gasteiger partial charge in [0.25, 0.3) is 15.6 Å². The summed E-state index contributed by atoms with van der Waals surface area (Å²) in [7, 11) is -2.47. The van der Waals surface area contributed by atoms with Gasteiger partial charge in [0.1, 0.15) is 10.6 Å². The number of H-pyrrole nitrogens is 1. The number of esters is 1. The van der Waals surface area contributed by atoms with Crippen LogP contribution >= 0.6 is 11.3 Å². The van der Waals surface area contributed by atoms with Gasteiger partial charge in [0, 0.05) is 10.6 Å². The Morgan fingerprint density at radius 2 is 1.95 bits per heavy atom. The maximum absolute atomic E-state index is 13.1. The van der Waals surface area contributed by atoms with Crippen LogP contribution in [0.2, 0.25) is 0 Å². The van der Waals surface area contributed by atoms with Crippen LogP contribution in [-0.4, -0.2) is 31.5 Å². The standard InChI is InChI=1S/C28H29N3O6S2/c1-15-5-12-21-22(13-15)38-27-24(21)26(32)29-25(30-27)17(3)37-28(33)18-7-6-16(2)23(14-18)39(34,35)31-19-8-10-20(36-4)11-9-19/h6-11,14-15,17,31H,5,12-13H2,1-4H3,(H,29,30,32). The Labute approximate surface area is 230 Å². The monoisotopic (exact) mass is 567 g/mol. The summed E-state index contributed by atoms with van der Waals surface area (Å²) in [4.78, 5) is 35.1. The van der Waals surface area contributed by atoms with Crippen LogP contribution in [0.5, 0.6) is 5.75 Å². The van der Waals surface area contributed by atoms with E-state index in [0.717, 1.165) is 24.8 Å². The first-order chi connectivity index (χ1) is 18.6. The molecular formula is C28H29N3O6S2. The molecule has 0 radical (unpaired) electrons. The number of ether oxygens (including phenoxy) is 2. The molecule has 1 aliphatic carbocycles. The second kappa shape index (κ2) is 10.5. The first-order valence-electron chi connectivity index (χ1n) is 12.6. The molecule has 0 bridgehead atoms. The van der Waals surface area contributed by atoms with Crippen LogP contribution in [0.25, 0.3) is 10.2 Å². The van der Waals surface area contributed by atoms with E-state index >= 15 is 0 Å². The van der Waals surface area contributed by atoms with Gasteiger partial charge in [0.15, 0.2) is 11.9 Å². The molecule has 2 unspecified atom stereocenters. The van der Waals surface area contributed by atoms with Gasteiger partial charge in [-0.1, -0.05) is 13.0 Å². The number of aromatic amines is 1. The average Bonchev–Trinajstić information content (AvgIpc) is 3.26. The Balaban J connectivity index is 1.37. The third-order valence-electron chi connectivity index (χ3n) is 6.91. The highest BCUT2D eigenvalue weighted by atomic mass is 32.2. The Morgan fingerprint density at radius 1 is 1.21 bits per heavy atom. The number of carbonyl (C=O) groups is 1. The lowest BCUT2D eigenvalue weighted by molar-refractivity contribution is 0.0319. The quantitative estimate of drug-likeness (QED) is 0.296. The second-order valence-electron chi connectivity index (χ2n) is 9.84. The van der Waals surface area contributed by atoms with Gasteiger partial charge >= 0.3 is 5.97 Å². The van der Waals surface area contributed by atoms with Crippen molar-refractivity contribution in [2.45, 2.75) is 51.0 Å². The molecule has 0 saturated heterocycles. The second-order valence-corrected chi connectivity index (χ2v) is 12.6. The lowest BCUT2D eigenvalue weighted by Crippen LogP contribution is -2.19. The van der Waals surface area contributed by atoms with E-state index in [0.29, 0.717) is 33.1 Å². The molecule has 0 saturated carbocycles. The van der Waals surface area contributed by atoms with E-state index < -0.39 is 22.1 Å². The number of rotatable bonds is 7.